The minimum Gasteiger partial charge on any atom is -0.391 e. The number of rotatable bonds is 4. The largest absolute Gasteiger partial charge is 0.391 e. The Labute approximate surface area is 111 Å². The Morgan fingerprint density at radius 2 is 1.89 bits per heavy atom. The summed E-state index contributed by atoms with van der Waals surface area (Å²) in [5.74, 6) is 5.45. The molecule has 0 radical (unpaired) electrons. The molecular weight excluding hydrogens is 248 g/mol. The zero-order valence-corrected chi connectivity index (χ0v) is 11.1. The van der Waals surface area contributed by atoms with Crippen LogP contribution in [0.3, 0.4) is 0 Å². The van der Waals surface area contributed by atoms with E-state index in [1.54, 1.807) is 11.8 Å². The first-order valence-electron chi connectivity index (χ1n) is 6.92. The van der Waals surface area contributed by atoms with Crippen LogP contribution in [0.1, 0.15) is 49.2 Å². The molecular formula is C13H18N2O2S. The standard InChI is InChI=1S/C13H18N2O2S/c16-10-6-18-5-9(10)13-14-12(15-17-13)11(7-1-2-7)8-3-4-8/h7-11,16H,1-6H2. The van der Waals surface area contributed by atoms with E-state index in [-0.39, 0.29) is 12.0 Å². The molecule has 2 unspecified atom stereocenters. The lowest BCUT2D eigenvalue weighted by Gasteiger charge is -2.10. The van der Waals surface area contributed by atoms with Crippen molar-refractivity contribution in [1.29, 1.82) is 0 Å². The molecule has 1 saturated heterocycles. The fraction of sp³-hybridized carbons (Fsp3) is 0.846. The maximum atomic E-state index is 9.88. The van der Waals surface area contributed by atoms with Crippen molar-refractivity contribution in [1.82, 2.24) is 10.1 Å². The van der Waals surface area contributed by atoms with Gasteiger partial charge in [-0.25, -0.2) is 0 Å². The molecule has 0 bridgehead atoms. The third-order valence-corrected chi connectivity index (χ3v) is 5.56. The normalized spacial score (nSPS) is 32.3. The number of hydrogen-bond acceptors (Lipinski definition) is 5. The van der Waals surface area contributed by atoms with Crippen molar-refractivity contribution >= 4 is 11.8 Å². The van der Waals surface area contributed by atoms with Crippen molar-refractivity contribution < 1.29 is 9.63 Å². The highest BCUT2D eigenvalue weighted by Gasteiger charge is 2.45. The minimum atomic E-state index is -0.316. The third-order valence-electron chi connectivity index (χ3n) is 4.38. The average Bonchev–Trinajstić information content (AvgIpc) is 3.26. The molecule has 1 aromatic heterocycles. The zero-order chi connectivity index (χ0) is 12.1. The summed E-state index contributed by atoms with van der Waals surface area (Å²) < 4.78 is 5.42. The Kier molecular flexibility index (Phi) is 2.66. The van der Waals surface area contributed by atoms with Crippen LogP contribution in [0.15, 0.2) is 4.52 Å². The summed E-state index contributed by atoms with van der Waals surface area (Å²) in [5, 5.41) is 14.1. The van der Waals surface area contributed by atoms with Gasteiger partial charge in [0.05, 0.1) is 12.0 Å². The molecule has 3 fully saturated rings. The van der Waals surface area contributed by atoms with Crippen LogP contribution < -0.4 is 0 Å². The molecule has 98 valence electrons. The first-order valence-corrected chi connectivity index (χ1v) is 8.07. The fourth-order valence-corrected chi connectivity index (χ4v) is 4.26. The van der Waals surface area contributed by atoms with Gasteiger partial charge < -0.3 is 9.63 Å². The van der Waals surface area contributed by atoms with E-state index >= 15 is 0 Å². The van der Waals surface area contributed by atoms with Crippen LogP contribution in [-0.4, -0.2) is 32.9 Å². The summed E-state index contributed by atoms with van der Waals surface area (Å²) in [6, 6.07) is 0. The predicted molar refractivity (Wildman–Crippen MR) is 68.6 cm³/mol. The Morgan fingerprint density at radius 3 is 2.44 bits per heavy atom. The molecule has 1 N–H and O–H groups in total. The smallest absolute Gasteiger partial charge is 0.233 e. The van der Waals surface area contributed by atoms with Gasteiger partial charge in [0, 0.05) is 17.4 Å². The summed E-state index contributed by atoms with van der Waals surface area (Å²) in [7, 11) is 0. The van der Waals surface area contributed by atoms with E-state index in [1.165, 1.54) is 25.7 Å². The highest BCUT2D eigenvalue weighted by molar-refractivity contribution is 7.99. The topological polar surface area (TPSA) is 59.2 Å². The second-order valence-electron chi connectivity index (χ2n) is 5.90. The second kappa shape index (κ2) is 4.23. The van der Waals surface area contributed by atoms with E-state index < -0.39 is 0 Å². The van der Waals surface area contributed by atoms with Gasteiger partial charge in [0.2, 0.25) is 5.89 Å². The van der Waals surface area contributed by atoms with Crippen molar-refractivity contribution in [2.45, 2.75) is 43.6 Å². The van der Waals surface area contributed by atoms with E-state index in [0.717, 1.165) is 29.2 Å². The average molecular weight is 266 g/mol. The van der Waals surface area contributed by atoms with Crippen LogP contribution in [0.25, 0.3) is 0 Å². The molecule has 1 aliphatic heterocycles. The van der Waals surface area contributed by atoms with Crippen LogP contribution in [-0.2, 0) is 0 Å². The molecule has 0 amide bonds. The molecule has 2 atom stereocenters. The van der Waals surface area contributed by atoms with Gasteiger partial charge in [0.15, 0.2) is 5.82 Å². The molecule has 18 heavy (non-hydrogen) atoms. The maximum absolute atomic E-state index is 9.88. The minimum absolute atomic E-state index is 0.0512. The van der Waals surface area contributed by atoms with Gasteiger partial charge in [-0.15, -0.1) is 0 Å². The van der Waals surface area contributed by atoms with Gasteiger partial charge in [-0.3, -0.25) is 0 Å². The molecule has 2 heterocycles. The lowest BCUT2D eigenvalue weighted by molar-refractivity contribution is 0.164. The van der Waals surface area contributed by atoms with E-state index in [9.17, 15) is 5.11 Å². The van der Waals surface area contributed by atoms with E-state index in [4.69, 9.17) is 4.52 Å². The van der Waals surface area contributed by atoms with Crippen molar-refractivity contribution in [3.8, 4) is 0 Å². The second-order valence-corrected chi connectivity index (χ2v) is 6.98. The van der Waals surface area contributed by atoms with Crippen LogP contribution >= 0.6 is 11.8 Å². The van der Waals surface area contributed by atoms with Crippen molar-refractivity contribution in [3.63, 3.8) is 0 Å². The quantitative estimate of drug-likeness (QED) is 0.905. The highest BCUT2D eigenvalue weighted by atomic mass is 32.2. The molecule has 2 saturated carbocycles. The van der Waals surface area contributed by atoms with Crippen LogP contribution in [0.4, 0.5) is 0 Å². The Morgan fingerprint density at radius 1 is 1.17 bits per heavy atom. The molecule has 2 aliphatic carbocycles. The summed E-state index contributed by atoms with van der Waals surface area (Å²) in [6.07, 6.45) is 4.99. The van der Waals surface area contributed by atoms with E-state index in [0.29, 0.717) is 11.8 Å². The molecule has 0 spiro atoms. The van der Waals surface area contributed by atoms with Gasteiger partial charge in [-0.1, -0.05) is 5.16 Å². The van der Waals surface area contributed by atoms with E-state index in [2.05, 4.69) is 10.1 Å². The number of aliphatic hydroxyl groups excluding tert-OH is 1. The third kappa shape index (κ3) is 1.97. The monoisotopic (exact) mass is 266 g/mol. The predicted octanol–water partition coefficient (Wildman–Crippen LogP) is 2.16. The van der Waals surface area contributed by atoms with Gasteiger partial charge in [-0.2, -0.15) is 16.7 Å². The summed E-state index contributed by atoms with van der Waals surface area (Å²) >= 11 is 1.76. The molecule has 1 aromatic rings. The zero-order valence-electron chi connectivity index (χ0n) is 10.3. The number of aromatic nitrogens is 2. The van der Waals surface area contributed by atoms with Crippen molar-refractivity contribution in [2.75, 3.05) is 11.5 Å². The molecule has 5 heteroatoms. The van der Waals surface area contributed by atoms with Gasteiger partial charge in [0.25, 0.3) is 0 Å². The Bertz CT molecular complexity index is 430. The number of nitrogens with zero attached hydrogens (tertiary/aromatic N) is 2. The fourth-order valence-electron chi connectivity index (χ4n) is 3.03. The molecule has 0 aromatic carbocycles. The first-order chi connectivity index (χ1) is 8.83. The van der Waals surface area contributed by atoms with Crippen molar-refractivity contribution in [3.05, 3.63) is 11.7 Å². The summed E-state index contributed by atoms with van der Waals surface area (Å²) in [5.41, 5.74) is 0. The molecule has 4 rings (SSSR count). The summed E-state index contributed by atoms with van der Waals surface area (Å²) in [6.45, 7) is 0. The first kappa shape index (κ1) is 11.3. The number of hydrogen-bond donors (Lipinski definition) is 1. The molecule has 4 nitrogen and oxygen atoms in total. The van der Waals surface area contributed by atoms with Crippen LogP contribution in [0, 0.1) is 11.8 Å². The number of aliphatic hydroxyl groups is 1. The molecule has 3 aliphatic rings. The summed E-state index contributed by atoms with van der Waals surface area (Å²) in [4.78, 5) is 4.61. The van der Waals surface area contributed by atoms with Gasteiger partial charge >= 0.3 is 0 Å². The van der Waals surface area contributed by atoms with Crippen LogP contribution in [0.2, 0.25) is 0 Å². The Hall–Kier alpha value is -0.550. The van der Waals surface area contributed by atoms with Gasteiger partial charge in [-0.05, 0) is 37.5 Å². The maximum Gasteiger partial charge on any atom is 0.233 e. The highest BCUT2D eigenvalue weighted by Crippen LogP contribution is 2.53. The SMILES string of the molecule is OC1CSCC1c1nc(C(C2CC2)C2CC2)no1. The van der Waals surface area contributed by atoms with Crippen molar-refractivity contribution in [2.24, 2.45) is 11.8 Å². The van der Waals surface area contributed by atoms with E-state index in [1.807, 2.05) is 0 Å². The number of thioether (sulfide) groups is 1. The lowest BCUT2D eigenvalue weighted by atomic mass is 9.97. The lowest BCUT2D eigenvalue weighted by Crippen LogP contribution is -2.16. The van der Waals surface area contributed by atoms with Crippen LogP contribution in [0.5, 0.6) is 0 Å². The Balaban J connectivity index is 1.56. The van der Waals surface area contributed by atoms with Gasteiger partial charge in [0.1, 0.15) is 0 Å².